The van der Waals surface area contributed by atoms with Crippen molar-refractivity contribution in [1.82, 2.24) is 4.90 Å². The van der Waals surface area contributed by atoms with Crippen molar-refractivity contribution >= 4 is 18.0 Å². The number of fused-ring (bicyclic) bond motifs is 1. The van der Waals surface area contributed by atoms with Gasteiger partial charge in [-0.25, -0.2) is 4.79 Å². The van der Waals surface area contributed by atoms with Crippen LogP contribution in [0.3, 0.4) is 0 Å². The predicted molar refractivity (Wildman–Crippen MR) is 92.6 cm³/mol. The first-order chi connectivity index (χ1) is 10.8. The third-order valence-corrected chi connectivity index (χ3v) is 4.18. The van der Waals surface area contributed by atoms with Gasteiger partial charge in [-0.2, -0.15) is 0 Å². The Morgan fingerprint density at radius 1 is 1.35 bits per heavy atom. The molecule has 0 bridgehead atoms. The second-order valence-electron chi connectivity index (χ2n) is 7.27. The average molecular weight is 312 g/mol. The van der Waals surface area contributed by atoms with Gasteiger partial charge in [0.15, 0.2) is 0 Å². The summed E-state index contributed by atoms with van der Waals surface area (Å²) in [6.07, 6.45) is 4.81. The monoisotopic (exact) mass is 312 g/mol. The molecular formula is C19H24N2O2. The Bertz CT molecular complexity index is 683. The number of hydrogen-bond donors (Lipinski definition) is 0. The van der Waals surface area contributed by atoms with Crippen LogP contribution in [0.25, 0.3) is 0 Å². The Labute approximate surface area is 137 Å². The molecule has 1 aromatic rings. The van der Waals surface area contributed by atoms with E-state index in [0.717, 1.165) is 12.1 Å². The van der Waals surface area contributed by atoms with Gasteiger partial charge in [0.25, 0.3) is 0 Å². The Hall–Kier alpha value is -2.10. The lowest BCUT2D eigenvalue weighted by Gasteiger charge is -2.30. The molecule has 4 nitrogen and oxygen atoms in total. The van der Waals surface area contributed by atoms with Crippen LogP contribution in [-0.2, 0) is 4.74 Å². The van der Waals surface area contributed by atoms with Crippen molar-refractivity contribution < 1.29 is 9.53 Å². The Morgan fingerprint density at radius 3 is 2.78 bits per heavy atom. The average Bonchev–Trinajstić information content (AvgIpc) is 2.88. The predicted octanol–water partition coefficient (Wildman–Crippen LogP) is 4.36. The number of rotatable bonds is 1. The van der Waals surface area contributed by atoms with Crippen LogP contribution in [0.1, 0.15) is 44.2 Å². The molecule has 0 saturated heterocycles. The summed E-state index contributed by atoms with van der Waals surface area (Å²) >= 11 is 0. The number of aliphatic imine (C=N–C) groups is 1. The first-order valence-corrected chi connectivity index (χ1v) is 8.15. The van der Waals surface area contributed by atoms with Gasteiger partial charge in [0.1, 0.15) is 5.60 Å². The van der Waals surface area contributed by atoms with Crippen LogP contribution >= 0.6 is 0 Å². The Balaban J connectivity index is 1.69. The number of ether oxygens (including phenoxy) is 1. The summed E-state index contributed by atoms with van der Waals surface area (Å²) in [5.74, 6) is 0.256. The van der Waals surface area contributed by atoms with Crippen LogP contribution in [0.4, 0.5) is 10.5 Å². The van der Waals surface area contributed by atoms with Crippen molar-refractivity contribution in [2.45, 2.75) is 45.6 Å². The highest BCUT2D eigenvalue weighted by Gasteiger charge is 2.28. The van der Waals surface area contributed by atoms with Gasteiger partial charge in [-0.15, -0.1) is 0 Å². The number of hydrogen-bond acceptors (Lipinski definition) is 3. The summed E-state index contributed by atoms with van der Waals surface area (Å²) in [6.45, 7) is 9.07. The normalized spacial score (nSPS) is 20.3. The van der Waals surface area contributed by atoms with E-state index in [1.807, 2.05) is 27.0 Å². The van der Waals surface area contributed by atoms with Crippen LogP contribution in [0.5, 0.6) is 0 Å². The zero-order valence-corrected chi connectivity index (χ0v) is 14.3. The minimum atomic E-state index is -0.448. The van der Waals surface area contributed by atoms with Crippen LogP contribution in [0.2, 0.25) is 0 Å². The van der Waals surface area contributed by atoms with Crippen LogP contribution in [0.15, 0.2) is 34.8 Å². The third kappa shape index (κ3) is 3.46. The number of aryl methyl sites for hydroxylation is 1. The molecule has 1 amide bonds. The molecule has 2 aliphatic rings. The van der Waals surface area contributed by atoms with Gasteiger partial charge in [0.05, 0.1) is 5.69 Å². The fraction of sp³-hybridized carbons (Fsp3) is 0.474. The molecule has 1 aromatic carbocycles. The lowest BCUT2D eigenvalue weighted by molar-refractivity contribution is 0.0265. The standard InChI is InChI=1S/C19H24N2O2/c1-13-5-6-15-16(12-20-17(15)11-13)14-7-9-21(10-8-14)18(22)23-19(2,3)4/h5-7,11-12,16H,8-10H2,1-4H3. The first kappa shape index (κ1) is 15.8. The number of benzene rings is 1. The van der Waals surface area contributed by atoms with E-state index in [2.05, 4.69) is 36.2 Å². The van der Waals surface area contributed by atoms with Gasteiger partial charge in [-0.05, 0) is 51.3 Å². The van der Waals surface area contributed by atoms with Crippen molar-refractivity contribution in [2.24, 2.45) is 4.99 Å². The molecule has 0 aromatic heterocycles. The van der Waals surface area contributed by atoms with Gasteiger partial charge in [0, 0.05) is 25.2 Å². The quantitative estimate of drug-likeness (QED) is 0.723. The second kappa shape index (κ2) is 5.84. The zero-order valence-electron chi connectivity index (χ0n) is 14.3. The van der Waals surface area contributed by atoms with E-state index in [1.54, 1.807) is 4.90 Å². The van der Waals surface area contributed by atoms with E-state index in [4.69, 9.17) is 4.74 Å². The van der Waals surface area contributed by atoms with E-state index in [1.165, 1.54) is 16.7 Å². The summed E-state index contributed by atoms with van der Waals surface area (Å²) in [7, 11) is 0. The number of amides is 1. The molecule has 1 atom stereocenters. The summed E-state index contributed by atoms with van der Waals surface area (Å²) < 4.78 is 5.44. The van der Waals surface area contributed by atoms with E-state index in [0.29, 0.717) is 13.1 Å². The molecule has 122 valence electrons. The highest BCUT2D eigenvalue weighted by atomic mass is 16.6. The lowest BCUT2D eigenvalue weighted by Crippen LogP contribution is -2.39. The van der Waals surface area contributed by atoms with Crippen LogP contribution < -0.4 is 0 Å². The van der Waals surface area contributed by atoms with Gasteiger partial charge >= 0.3 is 6.09 Å². The molecule has 0 fully saturated rings. The highest BCUT2D eigenvalue weighted by Crippen LogP contribution is 2.38. The second-order valence-corrected chi connectivity index (χ2v) is 7.27. The Kier molecular flexibility index (Phi) is 4.00. The third-order valence-electron chi connectivity index (χ3n) is 4.18. The summed E-state index contributed by atoms with van der Waals surface area (Å²) in [5, 5.41) is 0. The van der Waals surface area contributed by atoms with Crippen LogP contribution in [0, 0.1) is 6.92 Å². The van der Waals surface area contributed by atoms with Gasteiger partial charge < -0.3 is 9.64 Å². The highest BCUT2D eigenvalue weighted by molar-refractivity contribution is 5.84. The number of nitrogens with zero attached hydrogens (tertiary/aromatic N) is 2. The van der Waals surface area contributed by atoms with Gasteiger partial charge in [-0.1, -0.05) is 23.8 Å². The Morgan fingerprint density at radius 2 is 2.13 bits per heavy atom. The minimum Gasteiger partial charge on any atom is -0.444 e. The molecule has 0 N–H and O–H groups in total. The first-order valence-electron chi connectivity index (χ1n) is 8.15. The van der Waals surface area contributed by atoms with Crippen LogP contribution in [-0.4, -0.2) is 35.9 Å². The smallest absolute Gasteiger partial charge is 0.410 e. The molecule has 3 rings (SSSR count). The zero-order chi connectivity index (χ0) is 16.6. The number of carbonyl (C=O) groups excluding carboxylic acids is 1. The fourth-order valence-corrected chi connectivity index (χ4v) is 3.02. The summed E-state index contributed by atoms with van der Waals surface area (Å²) in [6, 6.07) is 6.43. The van der Waals surface area contributed by atoms with E-state index in [-0.39, 0.29) is 12.0 Å². The van der Waals surface area contributed by atoms with Gasteiger partial charge in [0.2, 0.25) is 0 Å². The van der Waals surface area contributed by atoms with Crippen molar-refractivity contribution in [2.75, 3.05) is 13.1 Å². The molecule has 0 spiro atoms. The lowest BCUT2D eigenvalue weighted by atomic mass is 9.89. The van der Waals surface area contributed by atoms with Crippen molar-refractivity contribution in [3.05, 3.63) is 41.0 Å². The maximum atomic E-state index is 12.1. The van der Waals surface area contributed by atoms with Crippen molar-refractivity contribution in [1.29, 1.82) is 0 Å². The SMILES string of the molecule is Cc1ccc2c(c1)N=CC2C1=CCN(C(=O)OC(C)(C)C)CC1. The van der Waals surface area contributed by atoms with Gasteiger partial charge in [-0.3, -0.25) is 4.99 Å². The van der Waals surface area contributed by atoms with E-state index < -0.39 is 5.60 Å². The molecule has 4 heteroatoms. The maximum absolute atomic E-state index is 12.1. The minimum absolute atomic E-state index is 0.232. The summed E-state index contributed by atoms with van der Waals surface area (Å²) in [4.78, 5) is 18.4. The molecule has 0 saturated carbocycles. The topological polar surface area (TPSA) is 41.9 Å². The van der Waals surface area contributed by atoms with Crippen molar-refractivity contribution in [3.63, 3.8) is 0 Å². The summed E-state index contributed by atoms with van der Waals surface area (Å²) in [5.41, 5.74) is 4.47. The number of carbonyl (C=O) groups is 1. The van der Waals surface area contributed by atoms with E-state index in [9.17, 15) is 4.79 Å². The largest absolute Gasteiger partial charge is 0.444 e. The molecular weight excluding hydrogens is 288 g/mol. The van der Waals surface area contributed by atoms with Crippen molar-refractivity contribution in [3.8, 4) is 0 Å². The molecule has 1 unspecified atom stereocenters. The maximum Gasteiger partial charge on any atom is 0.410 e. The molecule has 0 aliphatic carbocycles. The molecule has 0 radical (unpaired) electrons. The molecule has 2 aliphatic heterocycles. The molecule has 23 heavy (non-hydrogen) atoms. The molecule has 2 heterocycles. The fourth-order valence-electron chi connectivity index (χ4n) is 3.02. The van der Waals surface area contributed by atoms with E-state index >= 15 is 0 Å².